The molecule has 2 aromatic carbocycles. The fourth-order valence-electron chi connectivity index (χ4n) is 3.57. The number of hydrogen-bond donors (Lipinski definition) is 0. The molecule has 0 radical (unpaired) electrons. The Morgan fingerprint density at radius 3 is 2.45 bits per heavy atom. The molecule has 0 N–H and O–H groups in total. The van der Waals surface area contributed by atoms with Crippen LogP contribution >= 0.6 is 11.6 Å². The van der Waals surface area contributed by atoms with E-state index in [1.165, 1.54) is 12.1 Å². The van der Waals surface area contributed by atoms with Gasteiger partial charge in [0.1, 0.15) is 11.6 Å². The molecule has 1 aromatic heterocycles. The van der Waals surface area contributed by atoms with E-state index in [4.69, 9.17) is 16.0 Å². The Bertz CT molecular complexity index is 1080. The summed E-state index contributed by atoms with van der Waals surface area (Å²) >= 11 is 5.97. The van der Waals surface area contributed by atoms with Gasteiger partial charge in [-0.05, 0) is 54.1 Å². The van der Waals surface area contributed by atoms with Crippen LogP contribution < -0.4 is 4.90 Å². The Labute approximate surface area is 187 Å². The second kappa shape index (κ2) is 9.66. The number of halogens is 2. The first-order valence-electron chi connectivity index (χ1n) is 9.96. The lowest BCUT2D eigenvalue weighted by molar-refractivity contribution is 0.0713. The number of furan rings is 1. The van der Waals surface area contributed by atoms with Crippen molar-refractivity contribution in [2.24, 2.45) is 0 Å². The van der Waals surface area contributed by atoms with Gasteiger partial charge in [0.2, 0.25) is 0 Å². The first kappa shape index (κ1) is 21.6. The molecule has 0 saturated carbocycles. The molecule has 0 unspecified atom stereocenters. The molecule has 1 amide bonds. The molecule has 0 bridgehead atoms. The molecule has 162 valence electrons. The number of hydrogen-bond acceptors (Lipinski definition) is 4. The Morgan fingerprint density at radius 2 is 1.74 bits per heavy atom. The summed E-state index contributed by atoms with van der Waals surface area (Å²) < 4.78 is 31.2. The summed E-state index contributed by atoms with van der Waals surface area (Å²) in [6.45, 7) is 2.42. The lowest BCUT2D eigenvalue weighted by Gasteiger charge is -2.35. The third-order valence-corrected chi connectivity index (χ3v) is 6.65. The Morgan fingerprint density at radius 1 is 1.00 bits per heavy atom. The summed E-state index contributed by atoms with van der Waals surface area (Å²) in [5.74, 6) is 0.942. The van der Waals surface area contributed by atoms with Crippen molar-refractivity contribution < 1.29 is 17.8 Å². The minimum atomic E-state index is -1.17. The number of amides is 1. The summed E-state index contributed by atoms with van der Waals surface area (Å²) in [6.07, 6.45) is 0. The molecule has 5 nitrogen and oxygen atoms in total. The zero-order chi connectivity index (χ0) is 21.8. The molecule has 1 aliphatic rings. The van der Waals surface area contributed by atoms with E-state index in [-0.39, 0.29) is 23.2 Å². The second-order valence-electron chi connectivity index (χ2n) is 7.38. The van der Waals surface area contributed by atoms with E-state index in [9.17, 15) is 13.4 Å². The first-order valence-corrected chi connectivity index (χ1v) is 11.8. The molecule has 3 aromatic rings. The van der Waals surface area contributed by atoms with E-state index in [1.807, 2.05) is 12.1 Å². The third kappa shape index (κ3) is 5.54. The average Bonchev–Trinajstić information content (AvgIpc) is 3.22. The summed E-state index contributed by atoms with van der Waals surface area (Å²) in [5, 5.41) is 0.611. The van der Waals surface area contributed by atoms with Crippen LogP contribution in [0, 0.1) is 5.82 Å². The van der Waals surface area contributed by atoms with Crippen LogP contribution in [0.25, 0.3) is 0 Å². The van der Waals surface area contributed by atoms with Gasteiger partial charge >= 0.3 is 0 Å². The van der Waals surface area contributed by atoms with Gasteiger partial charge < -0.3 is 14.2 Å². The number of carbonyl (C=O) groups excluding carboxylic acids is 1. The van der Waals surface area contributed by atoms with Gasteiger partial charge in [0, 0.05) is 53.4 Å². The molecular formula is C23H22ClFN2O3S. The largest absolute Gasteiger partial charge is 0.455 e. The van der Waals surface area contributed by atoms with Gasteiger partial charge in [-0.25, -0.2) is 4.39 Å². The molecule has 0 spiro atoms. The highest BCUT2D eigenvalue weighted by molar-refractivity contribution is 7.83. The summed E-state index contributed by atoms with van der Waals surface area (Å²) in [6, 6.07) is 17.0. The van der Waals surface area contributed by atoms with Crippen molar-refractivity contribution in [1.82, 2.24) is 4.90 Å². The predicted molar refractivity (Wildman–Crippen MR) is 120 cm³/mol. The Hall–Kier alpha value is -2.64. The number of carbonyl (C=O) groups is 1. The van der Waals surface area contributed by atoms with E-state index in [0.29, 0.717) is 42.7 Å². The Balaban J connectivity index is 1.31. The zero-order valence-corrected chi connectivity index (χ0v) is 18.4. The van der Waals surface area contributed by atoms with E-state index in [2.05, 4.69) is 4.90 Å². The van der Waals surface area contributed by atoms with Crippen molar-refractivity contribution in [2.45, 2.75) is 11.5 Å². The number of rotatable bonds is 6. The van der Waals surface area contributed by atoms with Crippen LogP contribution in [0.1, 0.15) is 21.9 Å². The van der Waals surface area contributed by atoms with Gasteiger partial charge in [-0.2, -0.15) is 0 Å². The lowest BCUT2D eigenvalue weighted by atomic mass is 10.2. The van der Waals surface area contributed by atoms with Crippen LogP contribution in [-0.2, 0) is 22.3 Å². The standard InChI is InChI=1S/C23H22ClFN2O3S/c24-18-3-1-2-17(14-18)15-31(29)16-21-8-9-22(30-21)23(28)27-12-10-26(11-13-27)20-6-4-19(25)5-7-20/h1-9,14H,10-13,15-16H2/t31-/m0/s1. The third-order valence-electron chi connectivity index (χ3n) is 5.15. The van der Waals surface area contributed by atoms with Gasteiger partial charge in [-0.1, -0.05) is 23.7 Å². The quantitative estimate of drug-likeness (QED) is 0.544. The molecule has 0 aliphatic carbocycles. The topological polar surface area (TPSA) is 53.8 Å². The normalized spacial score (nSPS) is 15.2. The SMILES string of the molecule is O=C(c1ccc(C[S@@](=O)Cc2cccc(Cl)c2)o1)N1CCN(c2ccc(F)cc2)CC1. The number of nitrogens with zero attached hydrogens (tertiary/aromatic N) is 2. The predicted octanol–water partition coefficient (Wildman–Crippen LogP) is 4.48. The minimum Gasteiger partial charge on any atom is -0.455 e. The van der Waals surface area contributed by atoms with Crippen molar-refractivity contribution >= 4 is 34.0 Å². The van der Waals surface area contributed by atoms with Crippen molar-refractivity contribution in [2.75, 3.05) is 31.1 Å². The van der Waals surface area contributed by atoms with E-state index < -0.39 is 10.8 Å². The molecule has 1 atom stereocenters. The number of anilines is 1. The minimum absolute atomic E-state index is 0.175. The fourth-order valence-corrected chi connectivity index (χ4v) is 4.91. The van der Waals surface area contributed by atoms with Crippen molar-refractivity contribution in [3.8, 4) is 0 Å². The van der Waals surface area contributed by atoms with Crippen LogP contribution in [0.2, 0.25) is 5.02 Å². The molecule has 4 rings (SSSR count). The van der Waals surface area contributed by atoms with E-state index in [1.54, 1.807) is 41.3 Å². The van der Waals surface area contributed by atoms with Gasteiger partial charge in [0.15, 0.2) is 5.76 Å². The summed E-state index contributed by atoms with van der Waals surface area (Å²) in [7, 11) is -1.17. The second-order valence-corrected chi connectivity index (χ2v) is 9.27. The molecule has 2 heterocycles. The van der Waals surface area contributed by atoms with Crippen LogP contribution in [-0.4, -0.2) is 41.2 Å². The molecular weight excluding hydrogens is 439 g/mol. The first-order chi connectivity index (χ1) is 15.0. The van der Waals surface area contributed by atoms with Gasteiger partial charge in [0.25, 0.3) is 5.91 Å². The van der Waals surface area contributed by atoms with Crippen molar-refractivity contribution in [3.63, 3.8) is 0 Å². The summed E-state index contributed by atoms with van der Waals surface area (Å²) in [4.78, 5) is 16.7. The maximum atomic E-state index is 13.1. The average molecular weight is 461 g/mol. The molecule has 1 saturated heterocycles. The van der Waals surface area contributed by atoms with Crippen LogP contribution in [0.15, 0.2) is 65.1 Å². The van der Waals surface area contributed by atoms with Gasteiger partial charge in [0.05, 0.1) is 5.75 Å². The van der Waals surface area contributed by atoms with E-state index >= 15 is 0 Å². The molecule has 1 aliphatic heterocycles. The van der Waals surface area contributed by atoms with E-state index in [0.717, 1.165) is 11.3 Å². The van der Waals surface area contributed by atoms with Crippen molar-refractivity contribution in [1.29, 1.82) is 0 Å². The highest BCUT2D eigenvalue weighted by Crippen LogP contribution is 2.20. The molecule has 1 fully saturated rings. The fraction of sp³-hybridized carbons (Fsp3) is 0.261. The maximum Gasteiger partial charge on any atom is 0.289 e. The highest BCUT2D eigenvalue weighted by atomic mass is 35.5. The number of piperazine rings is 1. The van der Waals surface area contributed by atoms with Gasteiger partial charge in [-0.3, -0.25) is 9.00 Å². The zero-order valence-electron chi connectivity index (χ0n) is 16.8. The number of benzene rings is 2. The molecule has 8 heteroatoms. The lowest BCUT2D eigenvalue weighted by Crippen LogP contribution is -2.48. The van der Waals surface area contributed by atoms with Gasteiger partial charge in [-0.15, -0.1) is 0 Å². The van der Waals surface area contributed by atoms with Crippen LogP contribution in [0.4, 0.5) is 10.1 Å². The monoisotopic (exact) mass is 460 g/mol. The van der Waals surface area contributed by atoms with Crippen LogP contribution in [0.3, 0.4) is 0 Å². The van der Waals surface area contributed by atoms with Crippen LogP contribution in [0.5, 0.6) is 0 Å². The Kier molecular flexibility index (Phi) is 6.73. The smallest absolute Gasteiger partial charge is 0.289 e. The summed E-state index contributed by atoms with van der Waals surface area (Å²) in [5.41, 5.74) is 1.84. The highest BCUT2D eigenvalue weighted by Gasteiger charge is 2.24. The van der Waals surface area contributed by atoms with Crippen molar-refractivity contribution in [3.05, 3.63) is 88.6 Å². The maximum absolute atomic E-state index is 13.1. The molecule has 31 heavy (non-hydrogen) atoms.